The topological polar surface area (TPSA) is 98.5 Å². The van der Waals surface area contributed by atoms with Crippen molar-refractivity contribution in [3.8, 4) is 0 Å². The van der Waals surface area contributed by atoms with Gasteiger partial charge in [0.05, 0.1) is 19.8 Å². The summed E-state index contributed by atoms with van der Waals surface area (Å²) in [6, 6.07) is 31.7. The van der Waals surface area contributed by atoms with Gasteiger partial charge >= 0.3 is 6.09 Å². The number of nitrogens with one attached hydrogen (secondary N) is 1. The molecule has 3 rings (SSSR count). The molecule has 3 aromatic carbocycles. The van der Waals surface area contributed by atoms with Gasteiger partial charge in [-0.3, -0.25) is 9.59 Å². The molecule has 3 N–H and O–H groups in total. The molecule has 3 amide bonds. The number of hydrogen-bond acceptors (Lipinski definition) is 4. The zero-order valence-electron chi connectivity index (χ0n) is 24.0. The van der Waals surface area contributed by atoms with Crippen LogP contribution in [0.5, 0.6) is 0 Å². The number of hydrogen-bond donors (Lipinski definition) is 2. The average molecular weight is 564 g/mol. The van der Waals surface area contributed by atoms with Gasteiger partial charge in [0.2, 0.25) is 5.91 Å². The summed E-state index contributed by atoms with van der Waals surface area (Å²) in [4.78, 5) is 37.4. The maximum absolute atomic E-state index is 12.9. The molecule has 1 unspecified atom stereocenters. The molecule has 0 bridgehead atoms. The molecule has 0 fully saturated rings. The van der Waals surface area contributed by atoms with Gasteiger partial charge in [-0.15, -0.1) is 0 Å². The maximum Gasteiger partial charge on any atom is 0.516 e. The van der Waals surface area contributed by atoms with E-state index in [9.17, 15) is 14.4 Å². The van der Waals surface area contributed by atoms with Gasteiger partial charge in [-0.05, 0) is 63.6 Å². The van der Waals surface area contributed by atoms with E-state index < -0.39 is 24.9 Å². The number of rotatable bonds is 12. The van der Waals surface area contributed by atoms with E-state index >= 15 is 0 Å². The summed E-state index contributed by atoms with van der Waals surface area (Å²) in [5, 5.41) is 6.78. The van der Waals surface area contributed by atoms with Gasteiger partial charge in [-0.1, -0.05) is 54.6 Å². The second kappa shape index (κ2) is 13.7. The van der Waals surface area contributed by atoms with Crippen LogP contribution in [0.3, 0.4) is 0 Å². The Kier molecular flexibility index (Phi) is 10.6. The summed E-state index contributed by atoms with van der Waals surface area (Å²) in [7, 11) is -0.406. The minimum Gasteiger partial charge on any atom is -0.414 e. The number of carbonyl (C=O) groups excluding carboxylic acids is 3. The first kappa shape index (κ1) is 31.0. The van der Waals surface area contributed by atoms with Gasteiger partial charge < -0.3 is 15.8 Å². The highest BCUT2D eigenvalue weighted by molar-refractivity contribution is 7.95. The standard InChI is InChI=1S/C32H40N3O4P/c1-32(2,3)39-31(38)35(4,25-29(33)36)23-22-34-30(37)21-14-24-40(26-15-8-5-9-16-26,27-17-10-6-11-18-27)28-19-12-7-13-20-28/h5-13,15-20H,14,21-25H2,1-4H3,(H-2,33,34,36,37)/p+2. The van der Waals surface area contributed by atoms with Gasteiger partial charge in [0, 0.05) is 6.42 Å². The average Bonchev–Trinajstić information content (AvgIpc) is 2.91. The molecule has 1 atom stereocenters. The van der Waals surface area contributed by atoms with Crippen molar-refractivity contribution in [3.05, 3.63) is 91.0 Å². The largest absolute Gasteiger partial charge is 0.516 e. The van der Waals surface area contributed by atoms with Crippen LogP contribution in [-0.4, -0.2) is 60.8 Å². The first-order valence-electron chi connectivity index (χ1n) is 13.6. The second-order valence-corrected chi connectivity index (χ2v) is 14.8. The zero-order chi connectivity index (χ0) is 29.2. The molecule has 0 aromatic heterocycles. The Morgan fingerprint density at radius 1 is 0.825 bits per heavy atom. The fourth-order valence-corrected chi connectivity index (χ4v) is 9.18. The van der Waals surface area contributed by atoms with Gasteiger partial charge in [0.15, 0.2) is 6.54 Å². The predicted octanol–water partition coefficient (Wildman–Crippen LogP) is 3.74. The van der Waals surface area contributed by atoms with Crippen molar-refractivity contribution < 1.29 is 23.6 Å². The van der Waals surface area contributed by atoms with Crippen LogP contribution >= 0.6 is 7.26 Å². The number of carbonyl (C=O) groups is 3. The molecular weight excluding hydrogens is 521 g/mol. The van der Waals surface area contributed by atoms with Crippen LogP contribution in [0.2, 0.25) is 0 Å². The van der Waals surface area contributed by atoms with E-state index in [-0.39, 0.29) is 30.0 Å². The number of primary amides is 1. The Bertz CT molecular complexity index is 1170. The minimum atomic E-state index is -2.01. The highest BCUT2D eigenvalue weighted by atomic mass is 31.2. The number of benzene rings is 3. The molecule has 212 valence electrons. The van der Waals surface area contributed by atoms with E-state index in [1.165, 1.54) is 15.9 Å². The third-order valence-electron chi connectivity index (χ3n) is 6.75. The van der Waals surface area contributed by atoms with Crippen LogP contribution in [0.15, 0.2) is 91.0 Å². The molecule has 0 heterocycles. The Labute approximate surface area is 238 Å². The molecule has 0 aliphatic carbocycles. The fourth-order valence-electron chi connectivity index (χ4n) is 4.84. The lowest BCUT2D eigenvalue weighted by Gasteiger charge is -2.32. The van der Waals surface area contributed by atoms with E-state index in [0.29, 0.717) is 12.8 Å². The van der Waals surface area contributed by atoms with Crippen molar-refractivity contribution in [2.75, 3.05) is 32.8 Å². The van der Waals surface area contributed by atoms with Crippen molar-refractivity contribution in [2.24, 2.45) is 5.73 Å². The Morgan fingerprint density at radius 2 is 1.27 bits per heavy atom. The van der Waals surface area contributed by atoms with Crippen LogP contribution in [-0.2, 0) is 14.3 Å². The molecule has 3 aromatic rings. The van der Waals surface area contributed by atoms with Crippen LogP contribution < -0.4 is 27.0 Å². The highest BCUT2D eigenvalue weighted by Crippen LogP contribution is 2.55. The highest BCUT2D eigenvalue weighted by Gasteiger charge is 2.44. The Hall–Kier alpha value is -3.54. The lowest BCUT2D eigenvalue weighted by atomic mass is 10.2. The van der Waals surface area contributed by atoms with Gasteiger partial charge in [0.25, 0.3) is 5.91 Å². The van der Waals surface area contributed by atoms with Gasteiger partial charge in [0.1, 0.15) is 35.3 Å². The molecule has 8 heteroatoms. The van der Waals surface area contributed by atoms with Crippen LogP contribution in [0.4, 0.5) is 4.79 Å². The number of ether oxygens (including phenoxy) is 1. The molecule has 0 aliphatic heterocycles. The summed E-state index contributed by atoms with van der Waals surface area (Å²) in [5.41, 5.74) is 4.71. The second-order valence-electron chi connectivity index (χ2n) is 11.2. The third kappa shape index (κ3) is 8.23. The monoisotopic (exact) mass is 563 g/mol. The molecule has 0 aliphatic rings. The SMILES string of the molecule is CC(C)(C)OC(=O)[N+](C)(CCNC(=O)CCC[P+](c1ccccc1)(c1ccccc1)c1ccccc1)CC(N)=O. The van der Waals surface area contributed by atoms with Crippen molar-refractivity contribution in [3.63, 3.8) is 0 Å². The van der Waals surface area contributed by atoms with E-state index in [4.69, 9.17) is 10.5 Å². The molecular formula is C32H42N3O4P+2. The van der Waals surface area contributed by atoms with Crippen molar-refractivity contribution >= 4 is 41.1 Å². The van der Waals surface area contributed by atoms with Crippen molar-refractivity contribution in [2.45, 2.75) is 39.2 Å². The number of quaternary nitrogens is 1. The number of likely N-dealkylation sites (N-methyl/N-ethyl adjacent to an activating group) is 1. The lowest BCUT2D eigenvalue weighted by molar-refractivity contribution is -0.829. The molecule has 7 nitrogen and oxygen atoms in total. The molecule has 0 spiro atoms. The number of amides is 3. The lowest BCUT2D eigenvalue weighted by Crippen LogP contribution is -2.57. The molecule has 0 saturated carbocycles. The minimum absolute atomic E-state index is 0.0953. The van der Waals surface area contributed by atoms with E-state index in [1.807, 2.05) is 18.2 Å². The van der Waals surface area contributed by atoms with E-state index in [2.05, 4.69) is 78.1 Å². The van der Waals surface area contributed by atoms with E-state index in [0.717, 1.165) is 6.16 Å². The summed E-state index contributed by atoms with van der Waals surface area (Å²) in [5.74, 6) is -0.704. The molecule has 0 saturated heterocycles. The predicted molar refractivity (Wildman–Crippen MR) is 164 cm³/mol. The van der Waals surface area contributed by atoms with Crippen LogP contribution in [0.25, 0.3) is 0 Å². The quantitative estimate of drug-likeness (QED) is 0.259. The summed E-state index contributed by atoms with van der Waals surface area (Å²) in [6.07, 6.45) is 1.33. The van der Waals surface area contributed by atoms with Gasteiger partial charge in [-0.25, -0.2) is 4.48 Å². The maximum atomic E-state index is 12.9. The normalized spacial score (nSPS) is 13.2. The first-order chi connectivity index (χ1) is 19.0. The third-order valence-corrected chi connectivity index (χ3v) is 11.3. The van der Waals surface area contributed by atoms with Crippen molar-refractivity contribution in [1.82, 2.24) is 5.32 Å². The van der Waals surface area contributed by atoms with Gasteiger partial charge in [-0.2, -0.15) is 4.79 Å². The fraction of sp³-hybridized carbons (Fsp3) is 0.344. The molecule has 40 heavy (non-hydrogen) atoms. The molecule has 0 radical (unpaired) electrons. The van der Waals surface area contributed by atoms with Crippen LogP contribution in [0.1, 0.15) is 33.6 Å². The summed E-state index contributed by atoms with van der Waals surface area (Å²) in [6.45, 7) is 5.51. The number of nitrogens with two attached hydrogens (primary N) is 1. The zero-order valence-corrected chi connectivity index (χ0v) is 24.9. The van der Waals surface area contributed by atoms with Crippen molar-refractivity contribution in [1.29, 1.82) is 0 Å². The number of nitrogens with zero attached hydrogens (tertiary/aromatic N) is 1. The smallest absolute Gasteiger partial charge is 0.414 e. The summed E-state index contributed by atoms with van der Waals surface area (Å²) >= 11 is 0. The van der Waals surface area contributed by atoms with E-state index in [1.54, 1.807) is 27.8 Å². The first-order valence-corrected chi connectivity index (χ1v) is 15.6. The Morgan fingerprint density at radius 3 is 1.68 bits per heavy atom. The Balaban J connectivity index is 1.73. The summed E-state index contributed by atoms with van der Waals surface area (Å²) < 4.78 is 5.17. The van der Waals surface area contributed by atoms with Crippen LogP contribution in [0, 0.1) is 0 Å².